The molecule has 0 aromatic carbocycles. The molecule has 0 aliphatic carbocycles. The van der Waals surface area contributed by atoms with Gasteiger partial charge in [0.2, 0.25) is 0 Å². The molecule has 38 valence electrons. The second-order valence-corrected chi connectivity index (χ2v) is 1.71. The van der Waals surface area contributed by atoms with Crippen LogP contribution in [0, 0.1) is 0 Å². The van der Waals surface area contributed by atoms with Crippen LogP contribution in [0.25, 0.3) is 0 Å². The van der Waals surface area contributed by atoms with E-state index in [0.29, 0.717) is 0 Å². The van der Waals surface area contributed by atoms with Crippen molar-refractivity contribution in [3.8, 4) is 0 Å². The molecular weight excluding hydrogens is 81.7 g/mol. The molecule has 7 heavy (non-hydrogen) atoms. The van der Waals surface area contributed by atoms with E-state index in [0.717, 1.165) is 0 Å². The number of hydrogen-bond acceptors (Lipinski definition) is 0. The first-order chi connectivity index (χ1) is 3.41. The minimum absolute atomic E-state index is 1.26. The van der Waals surface area contributed by atoms with E-state index in [2.05, 4.69) is 26.8 Å². The van der Waals surface area contributed by atoms with Gasteiger partial charge in [0.15, 0.2) is 0 Å². The first kappa shape index (κ1) is 6.87. The Morgan fingerprint density at radius 2 is 2.43 bits per heavy atom. The maximum absolute atomic E-state index is 2.21. The van der Waals surface area contributed by atoms with Gasteiger partial charge in [-0.15, -0.1) is 12.1 Å². The van der Waals surface area contributed by atoms with Gasteiger partial charge in [0, 0.05) is 0 Å². The fourth-order valence-electron chi connectivity index (χ4n) is 0.489. The van der Waals surface area contributed by atoms with Gasteiger partial charge >= 0.3 is 0 Å². The van der Waals surface area contributed by atoms with E-state index in [4.69, 9.17) is 0 Å². The van der Waals surface area contributed by atoms with Crippen molar-refractivity contribution in [3.63, 3.8) is 0 Å². The van der Waals surface area contributed by atoms with E-state index in [1.54, 1.807) is 0 Å². The third-order valence-electron chi connectivity index (χ3n) is 0.960. The maximum Gasteiger partial charge on any atom is 0.146 e. The number of hydrogen-bond donors (Lipinski definition) is 0. The molecular formula is C5H12B2. The number of rotatable bonds is 3. The van der Waals surface area contributed by atoms with E-state index >= 15 is 0 Å². The average Bonchev–Trinajstić information content (AvgIpc) is 1.69. The zero-order valence-corrected chi connectivity index (χ0v) is 5.28. The zero-order chi connectivity index (χ0) is 5.54. The zero-order valence-electron chi connectivity index (χ0n) is 5.28. The van der Waals surface area contributed by atoms with Crippen molar-refractivity contribution in [3.05, 3.63) is 12.1 Å². The van der Waals surface area contributed by atoms with Gasteiger partial charge in [-0.2, -0.15) is 0 Å². The minimum atomic E-state index is 1.26. The lowest BCUT2D eigenvalue weighted by Gasteiger charge is -1.80. The quantitative estimate of drug-likeness (QED) is 0.351. The van der Waals surface area contributed by atoms with Crippen molar-refractivity contribution in [2.75, 3.05) is 0 Å². The van der Waals surface area contributed by atoms with Gasteiger partial charge in [0.1, 0.15) is 7.28 Å². The highest BCUT2D eigenvalue weighted by molar-refractivity contribution is 6.43. The van der Waals surface area contributed by atoms with E-state index in [1.807, 2.05) is 0 Å². The van der Waals surface area contributed by atoms with Crippen LogP contribution in [0.5, 0.6) is 0 Å². The molecule has 0 radical (unpaired) electrons. The molecule has 0 atom stereocenters. The van der Waals surface area contributed by atoms with E-state index in [9.17, 15) is 0 Å². The molecule has 0 heterocycles. The fourth-order valence-corrected chi connectivity index (χ4v) is 0.489. The van der Waals surface area contributed by atoms with Crippen LogP contribution in [0.3, 0.4) is 0 Å². The van der Waals surface area contributed by atoms with Gasteiger partial charge < -0.3 is 0 Å². The second kappa shape index (κ2) is 5.87. The normalized spacial score (nSPS) is 9.86. The summed E-state index contributed by atoms with van der Waals surface area (Å²) in [6.45, 7) is 2.07. The third-order valence-corrected chi connectivity index (χ3v) is 0.960. The van der Waals surface area contributed by atoms with Crippen molar-refractivity contribution >= 4 is 15.1 Å². The van der Waals surface area contributed by atoms with Crippen molar-refractivity contribution in [1.29, 1.82) is 0 Å². The summed E-state index contributed by atoms with van der Waals surface area (Å²) in [6.07, 6.45) is 4.75. The van der Waals surface area contributed by atoms with Crippen LogP contribution in [0.15, 0.2) is 12.1 Å². The summed E-state index contributed by atoms with van der Waals surface area (Å²) < 4.78 is 0. The smallest absolute Gasteiger partial charge is 0.124 e. The minimum Gasteiger partial charge on any atom is -0.124 e. The molecule has 0 bridgehead atoms. The Labute approximate surface area is 47.6 Å². The predicted molar refractivity (Wildman–Crippen MR) is 40.1 cm³/mol. The van der Waals surface area contributed by atoms with Gasteiger partial charge in [0.05, 0.1) is 7.85 Å². The van der Waals surface area contributed by atoms with E-state index in [-0.39, 0.29) is 0 Å². The molecule has 0 rings (SSSR count). The molecule has 0 aromatic heterocycles. The lowest BCUT2D eigenvalue weighted by molar-refractivity contribution is 1.44. The Hall–Kier alpha value is -0.130. The van der Waals surface area contributed by atoms with Crippen LogP contribution in [-0.2, 0) is 0 Å². The van der Waals surface area contributed by atoms with E-state index < -0.39 is 0 Å². The van der Waals surface area contributed by atoms with Gasteiger partial charge in [-0.1, -0.05) is 12.6 Å². The van der Waals surface area contributed by atoms with Gasteiger partial charge in [-0.3, -0.25) is 0 Å². The highest BCUT2D eigenvalue weighted by Gasteiger charge is 1.77. The standard InChI is InChI=1S/C5H12B2/c1-2-4-7-5-3-6/h2,4,7H,3,5-6H2,1H3. The molecule has 0 N–H and O–H groups in total. The van der Waals surface area contributed by atoms with Crippen LogP contribution >= 0.6 is 0 Å². The Bertz CT molecular complexity index is 50.0. The van der Waals surface area contributed by atoms with Gasteiger partial charge in [-0.05, 0) is 6.92 Å². The predicted octanol–water partition coefficient (Wildman–Crippen LogP) is 0.426. The maximum atomic E-state index is 2.21. The van der Waals surface area contributed by atoms with E-state index in [1.165, 1.54) is 19.9 Å². The van der Waals surface area contributed by atoms with Crippen LogP contribution in [-0.4, -0.2) is 15.1 Å². The number of allylic oxidation sites excluding steroid dienone is 1. The monoisotopic (exact) mass is 94.1 g/mol. The molecule has 0 aromatic rings. The van der Waals surface area contributed by atoms with Crippen LogP contribution in [0.4, 0.5) is 0 Å². The Morgan fingerprint density at radius 3 is 2.86 bits per heavy atom. The summed E-state index contributed by atoms with van der Waals surface area (Å²) in [6, 6.07) is 0. The summed E-state index contributed by atoms with van der Waals surface area (Å²) >= 11 is 0. The molecule has 0 fully saturated rings. The summed E-state index contributed by atoms with van der Waals surface area (Å²) in [5.41, 5.74) is 0. The Kier molecular flexibility index (Phi) is 5.76. The molecule has 0 saturated heterocycles. The lowest BCUT2D eigenvalue weighted by atomic mass is 9.70. The molecule has 0 amide bonds. The molecule has 0 nitrogen and oxygen atoms in total. The molecule has 0 aliphatic rings. The lowest BCUT2D eigenvalue weighted by Crippen LogP contribution is -1.80. The molecule has 0 aliphatic heterocycles. The molecule has 2 heteroatoms. The third kappa shape index (κ3) is 5.87. The SMILES string of the molecule is BCCBC=CC. The fraction of sp³-hybridized carbons (Fsp3) is 0.600. The van der Waals surface area contributed by atoms with Crippen molar-refractivity contribution in [2.45, 2.75) is 19.6 Å². The molecule has 0 saturated carbocycles. The van der Waals surface area contributed by atoms with Crippen LogP contribution in [0.2, 0.25) is 12.6 Å². The summed E-state index contributed by atoms with van der Waals surface area (Å²) in [7, 11) is 3.47. The highest BCUT2D eigenvalue weighted by Crippen LogP contribution is 1.82. The molecule has 0 unspecified atom stereocenters. The topological polar surface area (TPSA) is 0 Å². The summed E-state index contributed by atoms with van der Waals surface area (Å²) in [5.74, 6) is 2.21. The van der Waals surface area contributed by atoms with Crippen molar-refractivity contribution < 1.29 is 0 Å². The van der Waals surface area contributed by atoms with Crippen molar-refractivity contribution in [2.24, 2.45) is 0 Å². The Morgan fingerprint density at radius 1 is 1.71 bits per heavy atom. The summed E-state index contributed by atoms with van der Waals surface area (Å²) in [5, 5.41) is 0. The van der Waals surface area contributed by atoms with Crippen molar-refractivity contribution in [1.82, 2.24) is 0 Å². The molecule has 0 spiro atoms. The first-order valence-corrected chi connectivity index (χ1v) is 3.03. The van der Waals surface area contributed by atoms with Gasteiger partial charge in [0.25, 0.3) is 0 Å². The highest BCUT2D eigenvalue weighted by atomic mass is 13.5. The average molecular weight is 93.8 g/mol. The largest absolute Gasteiger partial charge is 0.146 e. The van der Waals surface area contributed by atoms with Gasteiger partial charge in [-0.25, -0.2) is 0 Å². The van der Waals surface area contributed by atoms with Crippen LogP contribution in [0.1, 0.15) is 6.92 Å². The summed E-state index contributed by atoms with van der Waals surface area (Å²) in [4.78, 5) is 0. The second-order valence-electron chi connectivity index (χ2n) is 1.71. The van der Waals surface area contributed by atoms with Crippen LogP contribution < -0.4 is 0 Å². The Balaban J connectivity index is 2.69. The first-order valence-electron chi connectivity index (χ1n) is 3.03.